The van der Waals surface area contributed by atoms with Crippen molar-refractivity contribution in [3.05, 3.63) is 53.6 Å². The summed E-state index contributed by atoms with van der Waals surface area (Å²) < 4.78 is 39.3. The van der Waals surface area contributed by atoms with Gasteiger partial charge in [-0.2, -0.15) is 16.5 Å². The molecule has 30 heavy (non-hydrogen) atoms. The number of amides is 1. The molecule has 0 bridgehead atoms. The van der Waals surface area contributed by atoms with Gasteiger partial charge in [0.2, 0.25) is 15.9 Å². The highest BCUT2D eigenvalue weighted by Crippen LogP contribution is 2.32. The Balaban J connectivity index is 1.70. The number of hydrogen-bond donors (Lipinski definition) is 2. The molecule has 2 N–H and O–H groups in total. The van der Waals surface area contributed by atoms with Gasteiger partial charge in [-0.05, 0) is 43.0 Å². The van der Waals surface area contributed by atoms with E-state index in [9.17, 15) is 13.2 Å². The first-order valence-corrected chi connectivity index (χ1v) is 12.5. The van der Waals surface area contributed by atoms with Gasteiger partial charge in [0.05, 0.1) is 4.90 Å². The Labute approximate surface area is 181 Å². The van der Waals surface area contributed by atoms with E-state index in [0.717, 1.165) is 11.1 Å². The predicted molar refractivity (Wildman–Crippen MR) is 118 cm³/mol. The van der Waals surface area contributed by atoms with Gasteiger partial charge in [0, 0.05) is 12.6 Å². The number of sulfonamides is 1. The van der Waals surface area contributed by atoms with E-state index in [1.54, 1.807) is 17.8 Å². The van der Waals surface area contributed by atoms with Crippen molar-refractivity contribution in [1.82, 2.24) is 10.0 Å². The molecule has 2 aromatic carbocycles. The predicted octanol–water partition coefficient (Wildman–Crippen LogP) is 2.48. The third-order valence-electron chi connectivity index (χ3n) is 4.64. The van der Waals surface area contributed by atoms with Gasteiger partial charge in [-0.25, -0.2) is 8.42 Å². The molecule has 9 heteroatoms. The number of ether oxygens (including phenoxy) is 2. The number of carbonyl (C=O) groups excluding carboxylic acids is 1. The lowest BCUT2D eigenvalue weighted by Crippen LogP contribution is -2.46. The number of thioether (sulfide) groups is 1. The first-order chi connectivity index (χ1) is 14.4. The van der Waals surface area contributed by atoms with Gasteiger partial charge in [-0.3, -0.25) is 4.79 Å². The Hall–Kier alpha value is -2.23. The van der Waals surface area contributed by atoms with Crippen LogP contribution in [0.3, 0.4) is 0 Å². The van der Waals surface area contributed by atoms with Gasteiger partial charge >= 0.3 is 0 Å². The van der Waals surface area contributed by atoms with Crippen LogP contribution in [0.25, 0.3) is 0 Å². The van der Waals surface area contributed by atoms with Gasteiger partial charge in [0.1, 0.15) is 19.3 Å². The van der Waals surface area contributed by atoms with Crippen molar-refractivity contribution in [1.29, 1.82) is 0 Å². The smallest absolute Gasteiger partial charge is 0.241 e. The van der Waals surface area contributed by atoms with Gasteiger partial charge in [-0.1, -0.05) is 29.8 Å². The largest absolute Gasteiger partial charge is 0.486 e. The van der Waals surface area contributed by atoms with Crippen LogP contribution in [0.4, 0.5) is 0 Å². The van der Waals surface area contributed by atoms with Crippen molar-refractivity contribution in [2.75, 3.05) is 25.2 Å². The SMILES string of the molecule is CSCC[C@@H](NS(=O)(=O)c1ccc2c(c1)OCCO2)C(=O)NCc1ccc(C)cc1. The van der Waals surface area contributed by atoms with E-state index >= 15 is 0 Å². The zero-order chi connectivity index (χ0) is 21.6. The normalized spacial score (nSPS) is 14.2. The second-order valence-corrected chi connectivity index (χ2v) is 9.66. The lowest BCUT2D eigenvalue weighted by molar-refractivity contribution is -0.122. The van der Waals surface area contributed by atoms with E-state index in [4.69, 9.17) is 9.47 Å². The monoisotopic (exact) mass is 450 g/mol. The Morgan fingerprint density at radius 1 is 1.10 bits per heavy atom. The summed E-state index contributed by atoms with van der Waals surface area (Å²) in [6, 6.07) is 11.4. The molecular weight excluding hydrogens is 424 g/mol. The van der Waals surface area contributed by atoms with Gasteiger partial charge in [-0.15, -0.1) is 0 Å². The summed E-state index contributed by atoms with van der Waals surface area (Å²) in [5.41, 5.74) is 2.09. The molecule has 0 spiro atoms. The first kappa shape index (κ1) is 22.5. The Morgan fingerprint density at radius 3 is 2.50 bits per heavy atom. The maximum atomic E-state index is 12.9. The van der Waals surface area contributed by atoms with Crippen molar-refractivity contribution >= 4 is 27.7 Å². The van der Waals surface area contributed by atoms with Crippen LogP contribution < -0.4 is 19.5 Å². The molecule has 0 aliphatic carbocycles. The quantitative estimate of drug-likeness (QED) is 0.610. The minimum Gasteiger partial charge on any atom is -0.486 e. The van der Waals surface area contributed by atoms with Crippen LogP contribution >= 0.6 is 11.8 Å². The minimum absolute atomic E-state index is 0.0345. The van der Waals surface area contributed by atoms with Crippen LogP contribution in [0.15, 0.2) is 47.4 Å². The van der Waals surface area contributed by atoms with Gasteiger partial charge in [0.25, 0.3) is 0 Å². The molecule has 1 heterocycles. The van der Waals surface area contributed by atoms with E-state index in [0.29, 0.717) is 43.4 Å². The molecule has 0 aromatic heterocycles. The van der Waals surface area contributed by atoms with E-state index in [1.807, 2.05) is 37.4 Å². The third-order valence-corrected chi connectivity index (χ3v) is 6.75. The lowest BCUT2D eigenvalue weighted by Gasteiger charge is -2.21. The fraction of sp³-hybridized carbons (Fsp3) is 0.381. The summed E-state index contributed by atoms with van der Waals surface area (Å²) in [4.78, 5) is 12.8. The fourth-order valence-corrected chi connectivity index (χ4v) is 4.66. The van der Waals surface area contributed by atoms with E-state index in [-0.39, 0.29) is 10.8 Å². The Bertz CT molecular complexity index is 977. The number of hydrogen-bond acceptors (Lipinski definition) is 6. The summed E-state index contributed by atoms with van der Waals surface area (Å²) in [5, 5.41) is 2.83. The van der Waals surface area contributed by atoms with Crippen LogP contribution in [-0.4, -0.2) is 45.6 Å². The Kier molecular flexibility index (Phi) is 7.63. The van der Waals surface area contributed by atoms with Gasteiger partial charge < -0.3 is 14.8 Å². The summed E-state index contributed by atoms with van der Waals surface area (Å²) in [7, 11) is -3.91. The number of benzene rings is 2. The average molecular weight is 451 g/mol. The standard InChI is InChI=1S/C21H26N2O5S2/c1-15-3-5-16(6-4-15)14-22-21(24)18(9-12-29-2)23-30(25,26)17-7-8-19-20(13-17)28-11-10-27-19/h3-8,13,18,23H,9-12,14H2,1-2H3,(H,22,24)/t18-/m1/s1. The molecule has 1 aliphatic heterocycles. The summed E-state index contributed by atoms with van der Waals surface area (Å²) >= 11 is 1.55. The molecule has 1 amide bonds. The number of carbonyl (C=O) groups is 1. The molecule has 0 saturated carbocycles. The van der Waals surface area contributed by atoms with Crippen molar-refractivity contribution in [2.45, 2.75) is 30.8 Å². The number of fused-ring (bicyclic) bond motifs is 1. The van der Waals surface area contributed by atoms with Crippen molar-refractivity contribution in [3.8, 4) is 11.5 Å². The third kappa shape index (κ3) is 5.90. The molecule has 0 fully saturated rings. The van der Waals surface area contributed by atoms with E-state index in [1.165, 1.54) is 12.1 Å². The van der Waals surface area contributed by atoms with Crippen LogP contribution in [0.2, 0.25) is 0 Å². The highest BCUT2D eigenvalue weighted by atomic mass is 32.2. The van der Waals surface area contributed by atoms with Crippen LogP contribution in [-0.2, 0) is 21.4 Å². The van der Waals surface area contributed by atoms with Crippen LogP contribution in [0, 0.1) is 6.92 Å². The molecule has 162 valence electrons. The van der Waals surface area contributed by atoms with Gasteiger partial charge in [0.15, 0.2) is 11.5 Å². The number of nitrogens with one attached hydrogen (secondary N) is 2. The molecular formula is C21H26N2O5S2. The Morgan fingerprint density at radius 2 is 1.80 bits per heavy atom. The second kappa shape index (κ2) is 10.2. The molecule has 1 aliphatic rings. The van der Waals surface area contributed by atoms with Crippen molar-refractivity contribution in [2.24, 2.45) is 0 Å². The highest BCUT2D eigenvalue weighted by Gasteiger charge is 2.26. The molecule has 0 radical (unpaired) electrons. The average Bonchev–Trinajstić information content (AvgIpc) is 2.75. The van der Waals surface area contributed by atoms with Crippen molar-refractivity contribution < 1.29 is 22.7 Å². The summed E-state index contributed by atoms with van der Waals surface area (Å²) in [5.74, 6) is 1.18. The van der Waals surface area contributed by atoms with Crippen molar-refractivity contribution in [3.63, 3.8) is 0 Å². The number of aryl methyl sites for hydroxylation is 1. The minimum atomic E-state index is -3.91. The van der Waals surface area contributed by atoms with E-state index < -0.39 is 16.1 Å². The maximum absolute atomic E-state index is 12.9. The summed E-state index contributed by atoms with van der Waals surface area (Å²) in [6.45, 7) is 3.12. The zero-order valence-electron chi connectivity index (χ0n) is 17.0. The fourth-order valence-electron chi connectivity index (χ4n) is 2.94. The molecule has 3 rings (SSSR count). The molecule has 0 unspecified atom stereocenters. The summed E-state index contributed by atoms with van der Waals surface area (Å²) in [6.07, 6.45) is 2.29. The van der Waals surface area contributed by atoms with Crippen LogP contribution in [0.1, 0.15) is 17.5 Å². The van der Waals surface area contributed by atoms with Crippen LogP contribution in [0.5, 0.6) is 11.5 Å². The number of rotatable bonds is 9. The zero-order valence-corrected chi connectivity index (χ0v) is 18.6. The molecule has 7 nitrogen and oxygen atoms in total. The molecule has 0 saturated heterocycles. The molecule has 2 aromatic rings. The van der Waals surface area contributed by atoms with E-state index in [2.05, 4.69) is 10.0 Å². The second-order valence-electron chi connectivity index (χ2n) is 6.96. The highest BCUT2D eigenvalue weighted by molar-refractivity contribution is 7.98. The first-order valence-electron chi connectivity index (χ1n) is 9.63. The topological polar surface area (TPSA) is 93.7 Å². The maximum Gasteiger partial charge on any atom is 0.241 e. The molecule has 1 atom stereocenters. The lowest BCUT2D eigenvalue weighted by atomic mass is 10.1.